The predicted molar refractivity (Wildman–Crippen MR) is 167 cm³/mol. The number of carbonyl (C=O) groups is 1. The molecule has 0 aliphatic carbocycles. The van der Waals surface area contributed by atoms with Gasteiger partial charge in [-0.25, -0.2) is 0 Å². The van der Waals surface area contributed by atoms with E-state index in [1.807, 2.05) is 100 Å². The number of rotatable bonds is 1. The summed E-state index contributed by atoms with van der Waals surface area (Å²) in [6.07, 6.45) is 0.980. The molecule has 0 radical (unpaired) electrons. The Hall–Kier alpha value is -0.130. The van der Waals surface area contributed by atoms with E-state index in [-0.39, 0.29) is 0 Å². The molecule has 9 heteroatoms. The Kier molecular flexibility index (Phi) is 6.52. The zero-order valence-electron chi connectivity index (χ0n) is 17.6. The summed E-state index contributed by atoms with van der Waals surface area (Å²) in [6, 6.07) is 15.2. The third-order valence-electron chi connectivity index (χ3n) is 5.86. The van der Waals surface area contributed by atoms with E-state index in [0.717, 1.165) is 33.5 Å². The van der Waals surface area contributed by atoms with Crippen LogP contribution >= 0.6 is 94.1 Å². The fraction of sp³-hybridized carbons (Fsp3) is 0.160. The highest BCUT2D eigenvalue weighted by molar-refractivity contribution is 8.44. The van der Waals surface area contributed by atoms with Crippen molar-refractivity contribution >= 4 is 130 Å². The Morgan fingerprint density at radius 2 is 1.18 bits per heavy atom. The largest absolute Gasteiger partial charge is 0.298 e. The predicted octanol–water partition coefficient (Wildman–Crippen LogP) is 8.11. The fourth-order valence-electron chi connectivity index (χ4n) is 4.40. The molecule has 0 unspecified atom stereocenters. The summed E-state index contributed by atoms with van der Waals surface area (Å²) in [5.41, 5.74) is 0.743. The molecule has 3 aromatic carbocycles. The normalized spacial score (nSPS) is 23.6. The van der Waals surface area contributed by atoms with Gasteiger partial charge in [-0.15, -0.1) is 47.0 Å². The van der Waals surface area contributed by atoms with Gasteiger partial charge < -0.3 is 0 Å². The first-order valence-electron chi connectivity index (χ1n) is 10.6. The van der Waals surface area contributed by atoms with Gasteiger partial charge in [0.1, 0.15) is 6.29 Å². The van der Waals surface area contributed by atoms with Crippen molar-refractivity contribution in [1.29, 1.82) is 0 Å². The van der Waals surface area contributed by atoms with Gasteiger partial charge in [0.15, 0.2) is 0 Å². The molecule has 3 aromatic rings. The first kappa shape index (κ1) is 23.0. The van der Waals surface area contributed by atoms with Crippen LogP contribution in [-0.2, 0) is 0 Å². The van der Waals surface area contributed by atoms with Gasteiger partial charge in [-0.1, -0.05) is 83.4 Å². The fourth-order valence-corrected chi connectivity index (χ4v) is 16.4. The highest BCUT2D eigenvalue weighted by atomic mass is 32.3. The van der Waals surface area contributed by atoms with Gasteiger partial charge in [0.05, 0.1) is 16.9 Å². The van der Waals surface area contributed by atoms with Crippen molar-refractivity contribution in [1.82, 2.24) is 0 Å². The third-order valence-corrected chi connectivity index (χ3v) is 16.8. The molecule has 1 nitrogen and oxygen atoms in total. The van der Waals surface area contributed by atoms with E-state index >= 15 is 0 Å². The first-order chi connectivity index (χ1) is 16.8. The van der Waals surface area contributed by atoms with Crippen LogP contribution in [0.1, 0.15) is 10.4 Å². The van der Waals surface area contributed by atoms with Crippen LogP contribution in [0.2, 0.25) is 0 Å². The molecule has 0 aromatic heterocycles. The molecule has 0 amide bonds. The number of hydrogen-bond acceptors (Lipinski definition) is 9. The second-order valence-corrected chi connectivity index (χ2v) is 17.8. The second-order valence-electron chi connectivity index (χ2n) is 7.84. The number of hydrogen-bond donors (Lipinski definition) is 0. The van der Waals surface area contributed by atoms with Crippen LogP contribution in [0.3, 0.4) is 0 Å². The van der Waals surface area contributed by atoms with Crippen LogP contribution in [0.15, 0.2) is 60.7 Å². The van der Waals surface area contributed by atoms with Crippen LogP contribution in [0.4, 0.5) is 0 Å². The number of thioether (sulfide) groups is 8. The van der Waals surface area contributed by atoms with Crippen LogP contribution in [0, 0.1) is 0 Å². The summed E-state index contributed by atoms with van der Waals surface area (Å²) >= 11 is 15.8. The molecule has 0 atom stereocenters. The van der Waals surface area contributed by atoms with Gasteiger partial charge in [0.2, 0.25) is 0 Å². The van der Waals surface area contributed by atoms with Crippen LogP contribution in [0.5, 0.6) is 0 Å². The van der Waals surface area contributed by atoms with E-state index in [2.05, 4.69) is 36.4 Å². The average Bonchev–Trinajstić information content (AvgIpc) is 3.50. The van der Waals surface area contributed by atoms with E-state index in [1.165, 1.54) is 58.7 Å². The minimum absolute atomic E-state index is 0.743. The number of fused-ring (bicyclic) bond motifs is 2. The quantitative estimate of drug-likeness (QED) is 0.205. The summed E-state index contributed by atoms with van der Waals surface area (Å²) in [5, 5.41) is 9.97. The maximum atomic E-state index is 11.8. The molecule has 0 N–H and O–H groups in total. The van der Waals surface area contributed by atoms with Gasteiger partial charge in [-0.2, -0.15) is 0 Å². The van der Waals surface area contributed by atoms with Gasteiger partial charge in [0.25, 0.3) is 0 Å². The van der Waals surface area contributed by atoms with E-state index in [1.54, 1.807) is 0 Å². The Morgan fingerprint density at radius 3 is 1.74 bits per heavy atom. The Morgan fingerprint density at radius 1 is 0.618 bits per heavy atom. The molecule has 0 bridgehead atoms. The molecule has 4 heterocycles. The van der Waals surface area contributed by atoms with Crippen molar-refractivity contribution in [3.8, 4) is 0 Å². The molecule has 0 spiro atoms. The molecular weight excluding hydrogens is 573 g/mol. The molecule has 7 rings (SSSR count). The second kappa shape index (κ2) is 9.63. The lowest BCUT2D eigenvalue weighted by molar-refractivity contribution is 0.112. The summed E-state index contributed by atoms with van der Waals surface area (Å²) in [5.74, 6) is 2.22. The van der Waals surface area contributed by atoms with E-state index < -0.39 is 0 Å². The van der Waals surface area contributed by atoms with E-state index in [0.29, 0.717) is 0 Å². The number of benzene rings is 3. The minimum Gasteiger partial charge on any atom is -0.298 e. The lowest BCUT2D eigenvalue weighted by atomic mass is 9.97. The van der Waals surface area contributed by atoms with Gasteiger partial charge >= 0.3 is 0 Å². The first-order valence-corrected chi connectivity index (χ1v) is 18.1. The lowest BCUT2D eigenvalue weighted by Gasteiger charge is -2.12. The molecular formula is C25H16OS8. The molecule has 34 heavy (non-hydrogen) atoms. The van der Waals surface area contributed by atoms with Crippen molar-refractivity contribution < 1.29 is 4.79 Å². The maximum Gasteiger partial charge on any atom is 0.150 e. The SMILES string of the molecule is O=Cc1ccc2/c(=C3\SC4=C(SCSC4)S3)c3ccccc3/c(=C3\SC4=C(SCSC4)S3)c2c1. The monoisotopic (exact) mass is 588 g/mol. The summed E-state index contributed by atoms with van der Waals surface area (Å²) in [7, 11) is 0. The molecule has 0 fully saturated rings. The smallest absolute Gasteiger partial charge is 0.150 e. The van der Waals surface area contributed by atoms with Crippen molar-refractivity contribution in [3.05, 3.63) is 76.7 Å². The lowest BCUT2D eigenvalue weighted by Crippen LogP contribution is -2.17. The molecule has 170 valence electrons. The van der Waals surface area contributed by atoms with Crippen LogP contribution < -0.4 is 10.4 Å². The van der Waals surface area contributed by atoms with E-state index in [9.17, 15) is 4.79 Å². The molecule has 0 saturated heterocycles. The Balaban J connectivity index is 1.58. The zero-order chi connectivity index (χ0) is 22.6. The maximum absolute atomic E-state index is 11.8. The molecule has 0 saturated carbocycles. The summed E-state index contributed by atoms with van der Waals surface area (Å²) in [6.45, 7) is 0. The minimum atomic E-state index is 0.743. The van der Waals surface area contributed by atoms with Crippen LogP contribution in [0.25, 0.3) is 30.0 Å². The van der Waals surface area contributed by atoms with Crippen molar-refractivity contribution in [3.63, 3.8) is 0 Å². The third kappa shape index (κ3) is 3.93. The Labute approximate surface area is 231 Å². The standard InChI is InChI=1S/C25H16OS8/c26-8-13-5-6-16-17(7-13)21(25-32-19-10-28-12-30-23(19)34-25)15-4-2-1-3-14(15)20(16)24-31-18-9-27-11-29-22(18)33-24/h1-8H,9-12H2/b24-20+,25-21-. The average molecular weight is 589 g/mol. The molecule has 4 aliphatic heterocycles. The number of carbonyl (C=O) groups excluding carboxylic acids is 1. The topological polar surface area (TPSA) is 17.1 Å². The summed E-state index contributed by atoms with van der Waals surface area (Å²) in [4.78, 5) is 14.8. The van der Waals surface area contributed by atoms with Crippen molar-refractivity contribution in [2.45, 2.75) is 0 Å². The highest BCUT2D eigenvalue weighted by Crippen LogP contribution is 2.59. The zero-order valence-corrected chi connectivity index (χ0v) is 24.2. The Bertz CT molecular complexity index is 1550. The molecule has 4 aliphatic rings. The van der Waals surface area contributed by atoms with Crippen LogP contribution in [-0.4, -0.2) is 28.0 Å². The van der Waals surface area contributed by atoms with E-state index in [4.69, 9.17) is 0 Å². The number of aldehydes is 1. The van der Waals surface area contributed by atoms with Gasteiger partial charge in [-0.3, -0.25) is 4.79 Å². The van der Waals surface area contributed by atoms with Crippen molar-refractivity contribution in [2.24, 2.45) is 0 Å². The van der Waals surface area contributed by atoms with Gasteiger partial charge in [-0.05, 0) is 27.6 Å². The van der Waals surface area contributed by atoms with Gasteiger partial charge in [0, 0.05) is 47.5 Å². The highest BCUT2D eigenvalue weighted by Gasteiger charge is 2.28. The van der Waals surface area contributed by atoms with Crippen molar-refractivity contribution in [2.75, 3.05) is 21.7 Å². The summed E-state index contributed by atoms with van der Waals surface area (Å²) < 4.78 is 5.69.